The van der Waals surface area contributed by atoms with Crippen LogP contribution in [0.3, 0.4) is 0 Å². The molecule has 1 aromatic heterocycles. The molecule has 2 aliphatic heterocycles. The van der Waals surface area contributed by atoms with Crippen LogP contribution in [0, 0.1) is 0 Å². The van der Waals surface area contributed by atoms with Crippen molar-refractivity contribution in [3.05, 3.63) is 65.4 Å². The van der Waals surface area contributed by atoms with E-state index in [9.17, 15) is 18.3 Å². The first-order valence-corrected chi connectivity index (χ1v) is 12.3. The van der Waals surface area contributed by atoms with E-state index < -0.39 is 21.9 Å². The number of para-hydroxylation sites is 1. The fourth-order valence-corrected chi connectivity index (χ4v) is 6.40. The minimum absolute atomic E-state index is 0.0537. The summed E-state index contributed by atoms with van der Waals surface area (Å²) in [6, 6.07) is 13.3. The Kier molecular flexibility index (Phi) is 4.93. The van der Waals surface area contributed by atoms with Gasteiger partial charge in [-0.2, -0.15) is 5.10 Å². The molecule has 3 heterocycles. The number of aromatic amines is 1. The van der Waals surface area contributed by atoms with E-state index in [0.717, 1.165) is 5.56 Å². The number of amides is 1. The van der Waals surface area contributed by atoms with E-state index in [0.29, 0.717) is 41.3 Å². The van der Waals surface area contributed by atoms with Crippen LogP contribution in [-0.2, 0) is 9.84 Å². The van der Waals surface area contributed by atoms with Gasteiger partial charge in [-0.25, -0.2) is 8.42 Å². The van der Waals surface area contributed by atoms with Crippen LogP contribution in [-0.4, -0.2) is 58.7 Å². The van der Waals surface area contributed by atoms with Crippen molar-refractivity contribution >= 4 is 15.7 Å². The zero-order valence-electron chi connectivity index (χ0n) is 17.5. The molecule has 2 atom stereocenters. The highest BCUT2D eigenvalue weighted by Gasteiger charge is 2.48. The number of nitrogens with one attached hydrogen (secondary N) is 1. The molecule has 1 saturated heterocycles. The number of aromatic hydroxyl groups is 1. The maximum atomic E-state index is 13.5. The summed E-state index contributed by atoms with van der Waals surface area (Å²) in [5, 5.41) is 17.6. The second-order valence-corrected chi connectivity index (χ2v) is 10.3. The van der Waals surface area contributed by atoms with Gasteiger partial charge in [0.25, 0.3) is 5.91 Å². The van der Waals surface area contributed by atoms with Gasteiger partial charge in [0.15, 0.2) is 9.84 Å². The molecular formula is C23H23N3O5S. The summed E-state index contributed by atoms with van der Waals surface area (Å²) in [7, 11) is -3.20. The zero-order valence-corrected chi connectivity index (χ0v) is 18.3. The van der Waals surface area contributed by atoms with Crippen LogP contribution >= 0.6 is 0 Å². The van der Waals surface area contributed by atoms with Crippen molar-refractivity contribution < 1.29 is 23.1 Å². The average Bonchev–Trinajstić information content (AvgIpc) is 3.42. The van der Waals surface area contributed by atoms with E-state index in [1.54, 1.807) is 29.2 Å². The topological polar surface area (TPSA) is 113 Å². The van der Waals surface area contributed by atoms with Gasteiger partial charge in [-0.05, 0) is 43.2 Å². The smallest absolute Gasteiger partial charge is 0.273 e. The van der Waals surface area contributed by atoms with Crippen LogP contribution in [0.15, 0.2) is 48.5 Å². The number of fused-ring (bicyclic) bond motifs is 1. The predicted octanol–water partition coefficient (Wildman–Crippen LogP) is 2.91. The fraction of sp³-hybridized carbons (Fsp3) is 0.304. The standard InChI is InChI=1S/C23H23N3O5S/c1-2-31-16-7-5-6-14(12-16)22-19-20(17-8-3-4-9-18(17)27)24-25-21(19)23(28)26(22)15-10-11-32(29,30)13-15/h3-9,12,15,22,27H,2,10-11,13H2,1H3,(H,24,25)/t15-,22-/m0/s1. The number of ether oxygens (including phenoxy) is 1. The number of hydrogen-bond acceptors (Lipinski definition) is 6. The van der Waals surface area contributed by atoms with E-state index in [2.05, 4.69) is 10.2 Å². The van der Waals surface area contributed by atoms with E-state index in [4.69, 9.17) is 4.74 Å². The maximum Gasteiger partial charge on any atom is 0.273 e. The number of benzene rings is 2. The Balaban J connectivity index is 1.69. The number of aromatic nitrogens is 2. The van der Waals surface area contributed by atoms with Crippen molar-refractivity contribution in [1.82, 2.24) is 15.1 Å². The molecular weight excluding hydrogens is 430 g/mol. The molecule has 2 aromatic carbocycles. The summed E-state index contributed by atoms with van der Waals surface area (Å²) in [5.41, 5.74) is 2.73. The number of carbonyl (C=O) groups is 1. The molecule has 0 radical (unpaired) electrons. The van der Waals surface area contributed by atoms with Gasteiger partial charge in [-0.15, -0.1) is 0 Å². The number of rotatable bonds is 5. The number of phenolic OH excluding ortho intramolecular Hbond substituents is 1. The van der Waals surface area contributed by atoms with Gasteiger partial charge in [-0.3, -0.25) is 9.89 Å². The van der Waals surface area contributed by atoms with Crippen LogP contribution in [0.25, 0.3) is 11.3 Å². The Hall–Kier alpha value is -3.33. The van der Waals surface area contributed by atoms with Crippen molar-refractivity contribution in [2.75, 3.05) is 18.1 Å². The van der Waals surface area contributed by atoms with E-state index >= 15 is 0 Å². The molecule has 1 fully saturated rings. The Bertz CT molecular complexity index is 1300. The highest BCUT2D eigenvalue weighted by atomic mass is 32.2. The van der Waals surface area contributed by atoms with Gasteiger partial charge in [0.2, 0.25) is 0 Å². The third-order valence-corrected chi connectivity index (χ3v) is 7.80. The number of H-pyrrole nitrogens is 1. The lowest BCUT2D eigenvalue weighted by atomic mass is 9.95. The molecule has 2 N–H and O–H groups in total. The quantitative estimate of drug-likeness (QED) is 0.614. The summed E-state index contributed by atoms with van der Waals surface area (Å²) in [6.07, 6.45) is 0.388. The molecule has 0 unspecified atom stereocenters. The van der Waals surface area contributed by atoms with Crippen molar-refractivity contribution in [1.29, 1.82) is 0 Å². The highest BCUT2D eigenvalue weighted by Crippen LogP contribution is 2.46. The zero-order chi connectivity index (χ0) is 22.5. The lowest BCUT2D eigenvalue weighted by Crippen LogP contribution is -2.40. The van der Waals surface area contributed by atoms with Gasteiger partial charge in [-0.1, -0.05) is 24.3 Å². The number of nitrogens with zero attached hydrogens (tertiary/aromatic N) is 2. The second kappa shape index (κ2) is 7.67. The first-order chi connectivity index (χ1) is 15.4. The predicted molar refractivity (Wildman–Crippen MR) is 118 cm³/mol. The Morgan fingerprint density at radius 2 is 2.03 bits per heavy atom. The molecule has 32 heavy (non-hydrogen) atoms. The van der Waals surface area contributed by atoms with Crippen LogP contribution in [0.2, 0.25) is 0 Å². The number of sulfone groups is 1. The second-order valence-electron chi connectivity index (χ2n) is 8.06. The van der Waals surface area contributed by atoms with Gasteiger partial charge in [0.1, 0.15) is 22.9 Å². The van der Waals surface area contributed by atoms with Gasteiger partial charge in [0, 0.05) is 17.2 Å². The summed E-state index contributed by atoms with van der Waals surface area (Å²) < 4.78 is 30.1. The SMILES string of the molecule is CCOc1cccc([C@H]2c3c(-c4ccccc4O)n[nH]c3C(=O)N2[C@H]2CCS(=O)(=O)C2)c1. The lowest BCUT2D eigenvalue weighted by Gasteiger charge is -2.31. The third kappa shape index (κ3) is 3.33. The molecule has 1 amide bonds. The Morgan fingerprint density at radius 3 is 2.75 bits per heavy atom. The van der Waals surface area contributed by atoms with Crippen LogP contribution in [0.5, 0.6) is 11.5 Å². The monoisotopic (exact) mass is 453 g/mol. The minimum atomic E-state index is -3.20. The van der Waals surface area contributed by atoms with Crippen molar-refractivity contribution in [3.63, 3.8) is 0 Å². The molecule has 0 bridgehead atoms. The molecule has 0 saturated carbocycles. The molecule has 8 nitrogen and oxygen atoms in total. The molecule has 3 aromatic rings. The molecule has 2 aliphatic rings. The lowest BCUT2D eigenvalue weighted by molar-refractivity contribution is 0.0677. The van der Waals surface area contributed by atoms with Crippen LogP contribution in [0.1, 0.15) is 41.0 Å². The largest absolute Gasteiger partial charge is 0.507 e. The van der Waals surface area contributed by atoms with E-state index in [1.165, 1.54) is 0 Å². The molecule has 9 heteroatoms. The van der Waals surface area contributed by atoms with Crippen molar-refractivity contribution in [2.45, 2.75) is 25.4 Å². The third-order valence-electron chi connectivity index (χ3n) is 6.05. The normalized spacial score (nSPS) is 21.7. The number of hydrogen-bond donors (Lipinski definition) is 2. The van der Waals surface area contributed by atoms with Crippen LogP contribution in [0.4, 0.5) is 0 Å². The van der Waals surface area contributed by atoms with Gasteiger partial charge < -0.3 is 14.7 Å². The first-order valence-electron chi connectivity index (χ1n) is 10.5. The van der Waals surface area contributed by atoms with Crippen molar-refractivity contribution in [2.24, 2.45) is 0 Å². The van der Waals surface area contributed by atoms with Gasteiger partial charge in [0.05, 0.1) is 24.2 Å². The summed E-state index contributed by atoms with van der Waals surface area (Å²) in [4.78, 5) is 15.1. The summed E-state index contributed by atoms with van der Waals surface area (Å²) in [5.74, 6) is 0.425. The Labute approximate surface area is 185 Å². The van der Waals surface area contributed by atoms with Gasteiger partial charge >= 0.3 is 0 Å². The minimum Gasteiger partial charge on any atom is -0.507 e. The maximum absolute atomic E-state index is 13.5. The van der Waals surface area contributed by atoms with Crippen LogP contribution < -0.4 is 4.74 Å². The van der Waals surface area contributed by atoms with Crippen molar-refractivity contribution in [3.8, 4) is 22.8 Å². The fourth-order valence-electron chi connectivity index (χ4n) is 4.68. The summed E-state index contributed by atoms with van der Waals surface area (Å²) >= 11 is 0. The molecule has 166 valence electrons. The summed E-state index contributed by atoms with van der Waals surface area (Å²) in [6.45, 7) is 2.39. The molecule has 0 spiro atoms. The molecule has 5 rings (SSSR count). The number of carbonyl (C=O) groups excluding carboxylic acids is 1. The van der Waals surface area contributed by atoms with E-state index in [1.807, 2.05) is 31.2 Å². The average molecular weight is 454 g/mol. The number of phenols is 1. The van der Waals surface area contributed by atoms with E-state index in [-0.39, 0.29) is 23.2 Å². The molecule has 0 aliphatic carbocycles. The highest BCUT2D eigenvalue weighted by molar-refractivity contribution is 7.91. The Morgan fingerprint density at radius 1 is 1.22 bits per heavy atom. The first kappa shape index (κ1) is 20.6.